The van der Waals surface area contributed by atoms with Crippen molar-refractivity contribution in [2.24, 2.45) is 0 Å². The Morgan fingerprint density at radius 1 is 1.23 bits per heavy atom. The van der Waals surface area contributed by atoms with Crippen molar-refractivity contribution >= 4 is 6.09 Å². The molecule has 0 aliphatic carbocycles. The first-order valence-corrected chi connectivity index (χ1v) is 7.66. The number of benzene rings is 1. The second-order valence-electron chi connectivity index (χ2n) is 6.46. The van der Waals surface area contributed by atoms with Crippen LogP contribution in [0.5, 0.6) is 5.75 Å². The van der Waals surface area contributed by atoms with Crippen LogP contribution < -0.4 is 10.1 Å². The van der Waals surface area contributed by atoms with Crippen molar-refractivity contribution in [2.45, 2.75) is 51.4 Å². The molecule has 0 bridgehead atoms. The predicted molar refractivity (Wildman–Crippen MR) is 82.9 cm³/mol. The molecule has 0 heterocycles. The number of aliphatic hydroxyl groups is 2. The van der Waals surface area contributed by atoms with Gasteiger partial charge in [0.1, 0.15) is 23.3 Å². The summed E-state index contributed by atoms with van der Waals surface area (Å²) in [5.41, 5.74) is -1.10. The van der Waals surface area contributed by atoms with E-state index in [-0.39, 0.29) is 13.0 Å². The third-order valence-corrected chi connectivity index (χ3v) is 3.00. The fraction of sp³-hybridized carbons (Fsp3) is 0.562. The lowest BCUT2D eigenvalue weighted by molar-refractivity contribution is -0.274. The molecule has 1 aromatic rings. The van der Waals surface area contributed by atoms with E-state index in [1.54, 1.807) is 20.8 Å². The van der Waals surface area contributed by atoms with Crippen LogP contribution in [0.15, 0.2) is 18.2 Å². The number of alkyl halides is 3. The van der Waals surface area contributed by atoms with Crippen LogP contribution in [0.1, 0.15) is 38.9 Å². The lowest BCUT2D eigenvalue weighted by Crippen LogP contribution is -2.34. The van der Waals surface area contributed by atoms with Gasteiger partial charge in [-0.15, -0.1) is 13.2 Å². The van der Waals surface area contributed by atoms with Crippen molar-refractivity contribution in [1.29, 1.82) is 0 Å². The van der Waals surface area contributed by atoms with E-state index in [2.05, 4.69) is 10.1 Å². The van der Waals surface area contributed by atoms with E-state index in [4.69, 9.17) is 4.74 Å². The van der Waals surface area contributed by atoms with Gasteiger partial charge in [-0.25, -0.2) is 9.18 Å². The Hall–Kier alpha value is -2.07. The van der Waals surface area contributed by atoms with Gasteiger partial charge in [-0.3, -0.25) is 0 Å². The monoisotopic (exact) mass is 383 g/mol. The molecular weight excluding hydrogens is 362 g/mol. The molecule has 1 aromatic carbocycles. The smallest absolute Gasteiger partial charge is 0.444 e. The maximum atomic E-state index is 13.9. The summed E-state index contributed by atoms with van der Waals surface area (Å²) in [6, 6.07) is 2.16. The van der Waals surface area contributed by atoms with Crippen LogP contribution in [-0.4, -0.2) is 40.9 Å². The van der Waals surface area contributed by atoms with Crippen LogP contribution in [0.25, 0.3) is 0 Å². The van der Waals surface area contributed by atoms with Gasteiger partial charge in [0.15, 0.2) is 0 Å². The van der Waals surface area contributed by atoms with Crippen LogP contribution in [-0.2, 0) is 4.74 Å². The molecule has 10 heteroatoms. The minimum atomic E-state index is -4.97. The Labute approximate surface area is 147 Å². The number of carbonyl (C=O) groups excluding carboxylic acids is 1. The van der Waals surface area contributed by atoms with Gasteiger partial charge < -0.3 is 25.0 Å². The maximum Gasteiger partial charge on any atom is 0.573 e. The summed E-state index contributed by atoms with van der Waals surface area (Å²) in [6.45, 7) is 4.93. The van der Waals surface area contributed by atoms with Gasteiger partial charge in [-0.2, -0.15) is 0 Å². The van der Waals surface area contributed by atoms with Gasteiger partial charge in [0.25, 0.3) is 0 Å². The Morgan fingerprint density at radius 2 is 1.85 bits per heavy atom. The zero-order valence-electron chi connectivity index (χ0n) is 14.4. The maximum absolute atomic E-state index is 13.9. The van der Waals surface area contributed by atoms with Crippen LogP contribution >= 0.6 is 0 Å². The Balaban J connectivity index is 2.60. The van der Waals surface area contributed by atoms with Crippen LogP contribution in [0.4, 0.5) is 22.4 Å². The molecule has 0 fully saturated rings. The molecule has 148 valence electrons. The van der Waals surface area contributed by atoms with Gasteiger partial charge in [-0.1, -0.05) is 0 Å². The Morgan fingerprint density at radius 3 is 2.35 bits per heavy atom. The number of carbonyl (C=O) groups is 1. The average Bonchev–Trinajstić information content (AvgIpc) is 2.42. The fourth-order valence-electron chi connectivity index (χ4n) is 1.95. The molecule has 0 aliphatic rings. The van der Waals surface area contributed by atoms with E-state index >= 15 is 0 Å². The average molecular weight is 383 g/mol. The van der Waals surface area contributed by atoms with Crippen molar-refractivity contribution in [3.05, 3.63) is 29.6 Å². The number of nitrogens with one attached hydrogen (secondary N) is 1. The number of ether oxygens (including phenoxy) is 2. The summed E-state index contributed by atoms with van der Waals surface area (Å²) in [4.78, 5) is 11.4. The normalized spacial score (nSPS) is 14.5. The van der Waals surface area contributed by atoms with Crippen molar-refractivity contribution in [3.8, 4) is 5.75 Å². The Kier molecular flexibility index (Phi) is 7.22. The SMILES string of the molecule is CC(C)(C)OC(=O)NCCC(O)C(O)c1ccc(OC(F)(F)F)cc1F. The number of hydrogen-bond acceptors (Lipinski definition) is 5. The third kappa shape index (κ3) is 7.87. The second-order valence-corrected chi connectivity index (χ2v) is 6.46. The van der Waals surface area contributed by atoms with E-state index in [0.29, 0.717) is 6.07 Å². The van der Waals surface area contributed by atoms with Crippen LogP contribution in [0.3, 0.4) is 0 Å². The van der Waals surface area contributed by atoms with E-state index in [0.717, 1.165) is 12.1 Å². The van der Waals surface area contributed by atoms with Crippen molar-refractivity contribution < 1.29 is 42.0 Å². The molecule has 2 unspecified atom stereocenters. The molecule has 0 saturated heterocycles. The lowest BCUT2D eigenvalue weighted by Gasteiger charge is -2.21. The molecule has 1 amide bonds. The fourth-order valence-corrected chi connectivity index (χ4v) is 1.95. The zero-order chi connectivity index (χ0) is 20.1. The van der Waals surface area contributed by atoms with E-state index in [1.165, 1.54) is 0 Å². The van der Waals surface area contributed by atoms with Gasteiger partial charge in [0, 0.05) is 18.2 Å². The number of rotatable bonds is 6. The lowest BCUT2D eigenvalue weighted by atomic mass is 10.0. The number of halogens is 4. The summed E-state index contributed by atoms with van der Waals surface area (Å²) in [5.74, 6) is -1.95. The summed E-state index contributed by atoms with van der Waals surface area (Å²) in [6.07, 6.45) is -9.00. The number of amides is 1. The molecule has 0 saturated carbocycles. The summed E-state index contributed by atoms with van der Waals surface area (Å²) >= 11 is 0. The van der Waals surface area contributed by atoms with Gasteiger partial charge in [0.2, 0.25) is 0 Å². The van der Waals surface area contributed by atoms with Gasteiger partial charge in [-0.05, 0) is 39.3 Å². The van der Waals surface area contributed by atoms with Gasteiger partial charge in [0.05, 0.1) is 6.10 Å². The van der Waals surface area contributed by atoms with Crippen LogP contribution in [0.2, 0.25) is 0 Å². The van der Waals surface area contributed by atoms with E-state index in [1.807, 2.05) is 0 Å². The molecule has 2 atom stereocenters. The van der Waals surface area contributed by atoms with Crippen molar-refractivity contribution in [3.63, 3.8) is 0 Å². The highest BCUT2D eigenvalue weighted by Gasteiger charge is 2.32. The molecule has 0 radical (unpaired) electrons. The predicted octanol–water partition coefficient (Wildman–Crippen LogP) is 3.03. The minimum absolute atomic E-state index is 0.0654. The summed E-state index contributed by atoms with van der Waals surface area (Å²) in [5, 5.41) is 22.2. The molecule has 6 nitrogen and oxygen atoms in total. The van der Waals surface area contributed by atoms with Gasteiger partial charge >= 0.3 is 12.5 Å². The highest BCUT2D eigenvalue weighted by molar-refractivity contribution is 5.67. The zero-order valence-corrected chi connectivity index (χ0v) is 14.4. The molecular formula is C16H21F4NO5. The summed E-state index contributed by atoms with van der Waals surface area (Å²) < 4.78 is 58.7. The number of aliphatic hydroxyl groups excluding tert-OH is 2. The summed E-state index contributed by atoms with van der Waals surface area (Å²) in [7, 11) is 0. The molecule has 26 heavy (non-hydrogen) atoms. The van der Waals surface area contributed by atoms with Crippen LogP contribution in [0, 0.1) is 5.82 Å². The van der Waals surface area contributed by atoms with Crippen molar-refractivity contribution in [1.82, 2.24) is 5.32 Å². The van der Waals surface area contributed by atoms with Crippen molar-refractivity contribution in [2.75, 3.05) is 6.54 Å². The first-order valence-electron chi connectivity index (χ1n) is 7.66. The third-order valence-electron chi connectivity index (χ3n) is 3.00. The number of hydrogen-bond donors (Lipinski definition) is 3. The highest BCUT2D eigenvalue weighted by Crippen LogP contribution is 2.28. The second kappa shape index (κ2) is 8.54. The molecule has 0 aromatic heterocycles. The number of alkyl carbamates (subject to hydrolysis) is 1. The van der Waals surface area contributed by atoms with E-state index < -0.39 is 47.4 Å². The molecule has 1 rings (SSSR count). The molecule has 3 N–H and O–H groups in total. The first-order chi connectivity index (χ1) is 11.8. The Bertz CT molecular complexity index is 616. The first kappa shape index (κ1) is 22.0. The highest BCUT2D eigenvalue weighted by atomic mass is 19.4. The molecule has 0 aliphatic heterocycles. The quantitative estimate of drug-likeness (QED) is 0.658. The minimum Gasteiger partial charge on any atom is -0.444 e. The topological polar surface area (TPSA) is 88.0 Å². The largest absolute Gasteiger partial charge is 0.573 e. The molecule has 0 spiro atoms. The standard InChI is InChI=1S/C16H21F4NO5/c1-15(2,3)26-14(24)21-7-6-12(22)13(23)10-5-4-9(8-11(10)17)25-16(18,19)20/h4-5,8,12-13,22-23H,6-7H2,1-3H3,(H,21,24). The van der Waals surface area contributed by atoms with E-state index in [9.17, 15) is 32.6 Å².